The molecule has 130 valence electrons. The number of anilines is 1. The molecule has 0 atom stereocenters. The van der Waals surface area contributed by atoms with Crippen molar-refractivity contribution in [3.05, 3.63) is 58.7 Å². The molecule has 3 aromatic heterocycles. The van der Waals surface area contributed by atoms with Crippen molar-refractivity contribution in [1.29, 1.82) is 5.26 Å². The Kier molecular flexibility index (Phi) is 4.37. The minimum absolute atomic E-state index is 0.0121. The van der Waals surface area contributed by atoms with Crippen LogP contribution >= 0.6 is 0 Å². The first-order chi connectivity index (χ1) is 12.4. The molecule has 3 aromatic rings. The van der Waals surface area contributed by atoms with E-state index in [4.69, 9.17) is 4.42 Å². The van der Waals surface area contributed by atoms with E-state index in [9.17, 15) is 14.9 Å². The molecule has 1 N–H and O–H groups in total. The van der Waals surface area contributed by atoms with Gasteiger partial charge in [0, 0.05) is 6.20 Å². The first kappa shape index (κ1) is 17.1. The maximum atomic E-state index is 12.6. The number of furan rings is 1. The summed E-state index contributed by atoms with van der Waals surface area (Å²) in [5, 5.41) is 16.0. The third-order valence-electron chi connectivity index (χ3n) is 3.90. The lowest BCUT2D eigenvalue weighted by Crippen LogP contribution is -2.13. The molecule has 0 saturated carbocycles. The summed E-state index contributed by atoms with van der Waals surface area (Å²) in [6, 6.07) is 7.28. The fourth-order valence-electron chi connectivity index (χ4n) is 2.68. The molecule has 0 aliphatic carbocycles. The molecule has 3 rings (SSSR count). The number of pyridine rings is 1. The molecule has 0 unspecified atom stereocenters. The number of aromatic nitrogens is 3. The standard InChI is InChI=1S/C18H15N5O3/c1-10-14(9-21-23(10)15-6-4-5-7-20-15)17(25)22-18-13(8-19)16(11(2)24)12(3)26-18/h4-7,9H,1-3H3,(H,22,25). The van der Waals surface area contributed by atoms with E-state index in [1.807, 2.05) is 12.1 Å². The summed E-state index contributed by atoms with van der Waals surface area (Å²) in [7, 11) is 0. The minimum atomic E-state index is -0.495. The zero-order chi connectivity index (χ0) is 18.8. The first-order valence-corrected chi connectivity index (χ1v) is 7.75. The lowest BCUT2D eigenvalue weighted by molar-refractivity contribution is 0.101. The number of carbonyl (C=O) groups excluding carboxylic acids is 2. The number of Topliss-reactive ketones (excluding diaryl/α,β-unsaturated/α-hetero) is 1. The third kappa shape index (κ3) is 2.86. The molecule has 0 bridgehead atoms. The van der Waals surface area contributed by atoms with E-state index >= 15 is 0 Å². The number of carbonyl (C=O) groups is 2. The molecule has 26 heavy (non-hydrogen) atoms. The quantitative estimate of drug-likeness (QED) is 0.724. The van der Waals surface area contributed by atoms with Crippen LogP contribution in [0.3, 0.4) is 0 Å². The number of amides is 1. The van der Waals surface area contributed by atoms with Crippen molar-refractivity contribution in [2.75, 3.05) is 5.32 Å². The predicted molar refractivity (Wildman–Crippen MR) is 92.2 cm³/mol. The fraction of sp³-hybridized carbons (Fsp3) is 0.167. The zero-order valence-corrected chi connectivity index (χ0v) is 14.4. The van der Waals surface area contributed by atoms with Crippen LogP contribution < -0.4 is 5.32 Å². The van der Waals surface area contributed by atoms with Crippen molar-refractivity contribution < 1.29 is 14.0 Å². The Balaban J connectivity index is 1.93. The maximum absolute atomic E-state index is 12.6. The Labute approximate surface area is 149 Å². The largest absolute Gasteiger partial charge is 0.443 e. The number of nitrogens with one attached hydrogen (secondary N) is 1. The summed E-state index contributed by atoms with van der Waals surface area (Å²) in [5.74, 6) is 0.0115. The molecule has 0 fully saturated rings. The Hall–Kier alpha value is -3.73. The van der Waals surface area contributed by atoms with Gasteiger partial charge in [-0.15, -0.1) is 0 Å². The van der Waals surface area contributed by atoms with E-state index in [2.05, 4.69) is 15.4 Å². The normalized spacial score (nSPS) is 10.4. The Morgan fingerprint density at radius 2 is 2.08 bits per heavy atom. The molecule has 8 nitrogen and oxygen atoms in total. The molecule has 3 heterocycles. The van der Waals surface area contributed by atoms with E-state index in [1.165, 1.54) is 17.8 Å². The molecule has 0 aliphatic heterocycles. The molecule has 0 aromatic carbocycles. The van der Waals surface area contributed by atoms with Gasteiger partial charge in [0.05, 0.1) is 23.0 Å². The summed E-state index contributed by atoms with van der Waals surface area (Å²) in [5.41, 5.74) is 1.06. The van der Waals surface area contributed by atoms with Gasteiger partial charge < -0.3 is 4.42 Å². The highest BCUT2D eigenvalue weighted by molar-refractivity contribution is 6.06. The van der Waals surface area contributed by atoms with Crippen LogP contribution in [0.5, 0.6) is 0 Å². The predicted octanol–water partition coefficient (Wildman–Crippen LogP) is 2.80. The molecular formula is C18H15N5O3. The second kappa shape index (κ2) is 6.64. The van der Waals surface area contributed by atoms with Gasteiger partial charge in [-0.3, -0.25) is 14.9 Å². The molecular weight excluding hydrogens is 334 g/mol. The topological polar surface area (TPSA) is 114 Å². The summed E-state index contributed by atoms with van der Waals surface area (Å²) >= 11 is 0. The number of nitrogens with zero attached hydrogens (tertiary/aromatic N) is 4. The van der Waals surface area contributed by atoms with Gasteiger partial charge in [0.15, 0.2) is 11.6 Å². The molecule has 0 saturated heterocycles. The van der Waals surface area contributed by atoms with Crippen LogP contribution in [0.2, 0.25) is 0 Å². The van der Waals surface area contributed by atoms with Crippen molar-refractivity contribution in [1.82, 2.24) is 14.8 Å². The summed E-state index contributed by atoms with van der Waals surface area (Å²) in [6.07, 6.45) is 3.04. The van der Waals surface area contributed by atoms with E-state index in [0.717, 1.165) is 0 Å². The minimum Gasteiger partial charge on any atom is -0.443 e. The SMILES string of the molecule is CC(=O)c1c(C)oc(NC(=O)c2cnn(-c3ccccn3)c2C)c1C#N. The summed E-state index contributed by atoms with van der Waals surface area (Å²) < 4.78 is 6.94. The van der Waals surface area contributed by atoms with E-state index in [-0.39, 0.29) is 28.6 Å². The second-order valence-corrected chi connectivity index (χ2v) is 5.60. The van der Waals surface area contributed by atoms with Crippen molar-refractivity contribution >= 4 is 17.6 Å². The first-order valence-electron chi connectivity index (χ1n) is 7.75. The molecule has 0 aliphatic rings. The number of nitriles is 1. The van der Waals surface area contributed by atoms with Crippen LogP contribution in [0.4, 0.5) is 5.88 Å². The van der Waals surface area contributed by atoms with Crippen LogP contribution in [-0.2, 0) is 0 Å². The average Bonchev–Trinajstić information content (AvgIpc) is 3.15. The number of aryl methyl sites for hydroxylation is 1. The van der Waals surface area contributed by atoms with E-state index in [0.29, 0.717) is 17.1 Å². The Morgan fingerprint density at radius 1 is 1.31 bits per heavy atom. The summed E-state index contributed by atoms with van der Waals surface area (Å²) in [6.45, 7) is 4.64. The van der Waals surface area contributed by atoms with Gasteiger partial charge in [-0.2, -0.15) is 10.4 Å². The van der Waals surface area contributed by atoms with Crippen LogP contribution in [0.15, 0.2) is 35.0 Å². The van der Waals surface area contributed by atoms with Gasteiger partial charge in [-0.25, -0.2) is 9.67 Å². The van der Waals surface area contributed by atoms with Crippen LogP contribution in [0.1, 0.15) is 44.7 Å². The van der Waals surface area contributed by atoms with Crippen LogP contribution in [0, 0.1) is 25.2 Å². The van der Waals surface area contributed by atoms with Crippen molar-refractivity contribution in [3.63, 3.8) is 0 Å². The van der Waals surface area contributed by atoms with E-state index < -0.39 is 5.91 Å². The monoisotopic (exact) mass is 349 g/mol. The van der Waals surface area contributed by atoms with Gasteiger partial charge in [0.2, 0.25) is 5.88 Å². The number of ketones is 1. The van der Waals surface area contributed by atoms with Gasteiger partial charge in [-0.1, -0.05) is 6.07 Å². The highest BCUT2D eigenvalue weighted by Crippen LogP contribution is 2.27. The lowest BCUT2D eigenvalue weighted by atomic mass is 10.1. The molecule has 1 amide bonds. The van der Waals surface area contributed by atoms with Crippen LogP contribution in [-0.4, -0.2) is 26.5 Å². The highest BCUT2D eigenvalue weighted by Gasteiger charge is 2.24. The van der Waals surface area contributed by atoms with Crippen LogP contribution in [0.25, 0.3) is 5.82 Å². The fourth-order valence-corrected chi connectivity index (χ4v) is 2.68. The lowest BCUT2D eigenvalue weighted by Gasteiger charge is -2.04. The smallest absolute Gasteiger partial charge is 0.261 e. The average molecular weight is 349 g/mol. The molecule has 0 spiro atoms. The van der Waals surface area contributed by atoms with Gasteiger partial charge in [-0.05, 0) is 32.9 Å². The van der Waals surface area contributed by atoms with Gasteiger partial charge in [0.25, 0.3) is 5.91 Å². The van der Waals surface area contributed by atoms with Crippen molar-refractivity contribution in [2.45, 2.75) is 20.8 Å². The highest BCUT2D eigenvalue weighted by atomic mass is 16.4. The number of hydrogen-bond acceptors (Lipinski definition) is 6. The zero-order valence-electron chi connectivity index (χ0n) is 14.4. The molecule has 0 radical (unpaired) electrons. The molecule has 8 heteroatoms. The number of hydrogen-bond donors (Lipinski definition) is 1. The maximum Gasteiger partial charge on any atom is 0.261 e. The van der Waals surface area contributed by atoms with Crippen molar-refractivity contribution in [3.8, 4) is 11.9 Å². The van der Waals surface area contributed by atoms with Gasteiger partial charge in [0.1, 0.15) is 17.4 Å². The van der Waals surface area contributed by atoms with E-state index in [1.54, 1.807) is 32.2 Å². The Bertz CT molecular complexity index is 1040. The Morgan fingerprint density at radius 3 is 2.69 bits per heavy atom. The van der Waals surface area contributed by atoms with Crippen molar-refractivity contribution in [2.24, 2.45) is 0 Å². The van der Waals surface area contributed by atoms with Gasteiger partial charge >= 0.3 is 0 Å². The third-order valence-corrected chi connectivity index (χ3v) is 3.90. The second-order valence-electron chi connectivity index (χ2n) is 5.60. The number of rotatable bonds is 4. The summed E-state index contributed by atoms with van der Waals surface area (Å²) in [4.78, 5) is 28.5.